The molecule has 4 nitrogen and oxygen atoms in total. The van der Waals surface area contributed by atoms with Crippen LogP contribution in [0.4, 0.5) is 0 Å². The minimum Gasteiger partial charge on any atom is -0.477 e. The first-order valence-corrected chi connectivity index (χ1v) is 6.98. The Hall–Kier alpha value is -1.07. The van der Waals surface area contributed by atoms with Crippen LogP contribution in [0.1, 0.15) is 29.5 Å². The van der Waals surface area contributed by atoms with Crippen LogP contribution in [0.3, 0.4) is 0 Å². The van der Waals surface area contributed by atoms with Crippen LogP contribution in [-0.4, -0.2) is 34.1 Å². The molecule has 0 amide bonds. The van der Waals surface area contributed by atoms with Crippen LogP contribution in [0.15, 0.2) is 18.2 Å². The van der Waals surface area contributed by atoms with Crippen molar-refractivity contribution in [3.8, 4) is 0 Å². The molecule has 0 spiro atoms. The molecule has 0 saturated carbocycles. The lowest BCUT2D eigenvalue weighted by Crippen LogP contribution is -2.30. The van der Waals surface area contributed by atoms with E-state index >= 15 is 0 Å². The zero-order chi connectivity index (χ0) is 12.7. The Morgan fingerprint density at radius 3 is 2.94 bits per heavy atom. The highest BCUT2D eigenvalue weighted by atomic mass is 32.2. The van der Waals surface area contributed by atoms with E-state index in [1.165, 1.54) is 6.07 Å². The number of carboxylic acid groups (broad SMARTS) is 1. The number of hydrogen-bond donors (Lipinski definition) is 2. The summed E-state index contributed by atoms with van der Waals surface area (Å²) >= 11 is 1.80. The van der Waals surface area contributed by atoms with Crippen molar-refractivity contribution in [1.29, 1.82) is 0 Å². The molecular formula is C12H18N2O2S. The van der Waals surface area contributed by atoms with Crippen LogP contribution in [0.25, 0.3) is 0 Å². The van der Waals surface area contributed by atoms with Gasteiger partial charge in [-0.1, -0.05) is 13.0 Å². The molecule has 1 aromatic rings. The summed E-state index contributed by atoms with van der Waals surface area (Å²) in [4.78, 5) is 14.8. The van der Waals surface area contributed by atoms with Crippen molar-refractivity contribution >= 4 is 17.7 Å². The predicted molar refractivity (Wildman–Crippen MR) is 70.5 cm³/mol. The lowest BCUT2D eigenvalue weighted by molar-refractivity contribution is 0.0690. The monoisotopic (exact) mass is 254 g/mol. The summed E-state index contributed by atoms with van der Waals surface area (Å²) < 4.78 is 0. The van der Waals surface area contributed by atoms with E-state index in [-0.39, 0.29) is 5.69 Å². The van der Waals surface area contributed by atoms with Crippen LogP contribution in [0.5, 0.6) is 0 Å². The van der Waals surface area contributed by atoms with Crippen molar-refractivity contribution < 1.29 is 9.90 Å². The van der Waals surface area contributed by atoms with Gasteiger partial charge in [0.25, 0.3) is 0 Å². The van der Waals surface area contributed by atoms with Crippen molar-refractivity contribution in [2.45, 2.75) is 25.9 Å². The van der Waals surface area contributed by atoms with Gasteiger partial charge in [-0.2, -0.15) is 11.8 Å². The van der Waals surface area contributed by atoms with Gasteiger partial charge in [0.2, 0.25) is 0 Å². The number of pyridine rings is 1. The van der Waals surface area contributed by atoms with E-state index in [0.717, 1.165) is 17.9 Å². The van der Waals surface area contributed by atoms with Crippen molar-refractivity contribution in [1.82, 2.24) is 10.3 Å². The molecule has 0 aliphatic carbocycles. The number of aromatic nitrogens is 1. The van der Waals surface area contributed by atoms with E-state index in [2.05, 4.69) is 23.5 Å². The number of thioether (sulfide) groups is 1. The fourth-order valence-corrected chi connectivity index (χ4v) is 2.22. The Balaban J connectivity index is 2.56. The summed E-state index contributed by atoms with van der Waals surface area (Å²) in [6, 6.07) is 5.51. The largest absolute Gasteiger partial charge is 0.477 e. The predicted octanol–water partition coefficient (Wildman–Crippen LogP) is 2.01. The van der Waals surface area contributed by atoms with Crippen LogP contribution >= 0.6 is 11.8 Å². The molecule has 0 aliphatic heterocycles. The Kier molecular flexibility index (Phi) is 6.00. The Bertz CT molecular complexity index is 371. The third-order valence-corrected chi connectivity index (χ3v) is 3.19. The Morgan fingerprint density at radius 2 is 2.35 bits per heavy atom. The number of rotatable bonds is 7. The summed E-state index contributed by atoms with van der Waals surface area (Å²) in [6.07, 6.45) is 3.13. The molecule has 0 radical (unpaired) electrons. The third-order valence-electron chi connectivity index (χ3n) is 2.46. The molecule has 17 heavy (non-hydrogen) atoms. The van der Waals surface area contributed by atoms with Gasteiger partial charge in [0.05, 0.1) is 5.69 Å². The van der Waals surface area contributed by atoms with Crippen molar-refractivity contribution in [3.63, 3.8) is 0 Å². The molecule has 0 saturated heterocycles. The second-order valence-corrected chi connectivity index (χ2v) is 4.67. The number of nitrogens with zero attached hydrogens (tertiary/aromatic N) is 1. The van der Waals surface area contributed by atoms with Gasteiger partial charge in [0.1, 0.15) is 5.69 Å². The number of nitrogens with one attached hydrogen (secondary N) is 1. The minimum absolute atomic E-state index is 0.0993. The first kappa shape index (κ1) is 14.0. The lowest BCUT2D eigenvalue weighted by Gasteiger charge is -2.15. The number of hydrogen-bond acceptors (Lipinski definition) is 4. The summed E-state index contributed by atoms with van der Waals surface area (Å²) in [5, 5.41) is 12.2. The van der Waals surface area contributed by atoms with Gasteiger partial charge >= 0.3 is 5.97 Å². The van der Waals surface area contributed by atoms with Crippen molar-refractivity contribution in [2.75, 3.05) is 12.0 Å². The van der Waals surface area contributed by atoms with E-state index in [4.69, 9.17) is 5.11 Å². The minimum atomic E-state index is -0.983. The Morgan fingerprint density at radius 1 is 1.59 bits per heavy atom. The molecule has 2 N–H and O–H groups in total. The van der Waals surface area contributed by atoms with E-state index in [1.54, 1.807) is 17.8 Å². The van der Waals surface area contributed by atoms with Gasteiger partial charge < -0.3 is 10.4 Å². The maximum Gasteiger partial charge on any atom is 0.354 e. The molecule has 1 aromatic heterocycles. The maximum atomic E-state index is 10.8. The molecule has 1 atom stereocenters. The second kappa shape index (κ2) is 7.29. The second-order valence-electron chi connectivity index (χ2n) is 3.76. The molecule has 0 bridgehead atoms. The van der Waals surface area contributed by atoms with Crippen LogP contribution in [0.2, 0.25) is 0 Å². The fraction of sp³-hybridized carbons (Fsp3) is 0.500. The molecule has 1 unspecified atom stereocenters. The normalized spacial score (nSPS) is 12.4. The van der Waals surface area contributed by atoms with Crippen LogP contribution < -0.4 is 5.32 Å². The summed E-state index contributed by atoms with van der Waals surface area (Å²) in [6.45, 7) is 2.75. The first-order chi connectivity index (χ1) is 8.17. The van der Waals surface area contributed by atoms with E-state index < -0.39 is 5.97 Å². The van der Waals surface area contributed by atoms with E-state index in [1.807, 2.05) is 6.07 Å². The highest BCUT2D eigenvalue weighted by Gasteiger charge is 2.07. The highest BCUT2D eigenvalue weighted by molar-refractivity contribution is 7.98. The maximum absolute atomic E-state index is 10.8. The average molecular weight is 254 g/mol. The molecule has 5 heteroatoms. The topological polar surface area (TPSA) is 62.2 Å². The van der Waals surface area contributed by atoms with Gasteiger partial charge in [0, 0.05) is 18.3 Å². The van der Waals surface area contributed by atoms with Gasteiger partial charge in [0.15, 0.2) is 0 Å². The van der Waals surface area contributed by atoms with Crippen molar-refractivity contribution in [3.05, 3.63) is 29.6 Å². The number of carbonyl (C=O) groups is 1. The standard InChI is InChI=1S/C12H18N2O2S/c1-3-9(8-17-2)13-7-10-5-4-6-11(14-10)12(15)16/h4-6,9,13H,3,7-8H2,1-2H3,(H,15,16). The van der Waals surface area contributed by atoms with Crippen LogP contribution in [0, 0.1) is 0 Å². The lowest BCUT2D eigenvalue weighted by atomic mass is 10.2. The smallest absolute Gasteiger partial charge is 0.354 e. The molecule has 1 heterocycles. The zero-order valence-electron chi connectivity index (χ0n) is 10.1. The van der Waals surface area contributed by atoms with Gasteiger partial charge in [-0.25, -0.2) is 9.78 Å². The molecule has 0 aliphatic rings. The summed E-state index contributed by atoms with van der Waals surface area (Å²) in [7, 11) is 0. The van der Waals surface area contributed by atoms with Gasteiger partial charge in [-0.3, -0.25) is 0 Å². The summed E-state index contributed by atoms with van der Waals surface area (Å²) in [5.41, 5.74) is 0.867. The van der Waals surface area contributed by atoms with Gasteiger partial charge in [-0.05, 0) is 24.8 Å². The number of carboxylic acids is 1. The first-order valence-electron chi connectivity index (χ1n) is 5.59. The van der Waals surface area contributed by atoms with E-state index in [0.29, 0.717) is 12.6 Å². The molecule has 0 aromatic carbocycles. The molecular weight excluding hydrogens is 236 g/mol. The van der Waals surface area contributed by atoms with E-state index in [9.17, 15) is 4.79 Å². The average Bonchev–Trinajstić information content (AvgIpc) is 2.34. The third kappa shape index (κ3) is 4.75. The highest BCUT2D eigenvalue weighted by Crippen LogP contribution is 2.04. The van der Waals surface area contributed by atoms with Crippen molar-refractivity contribution in [2.24, 2.45) is 0 Å². The SMILES string of the molecule is CCC(CSC)NCc1cccc(C(=O)O)n1. The van der Waals surface area contributed by atoms with Crippen LogP contribution in [-0.2, 0) is 6.54 Å². The fourth-order valence-electron chi connectivity index (χ4n) is 1.47. The summed E-state index contributed by atoms with van der Waals surface area (Å²) in [5.74, 6) is 0.0674. The number of aromatic carboxylic acids is 1. The molecule has 0 fully saturated rings. The quantitative estimate of drug-likeness (QED) is 0.779. The Labute approximate surface area is 106 Å². The molecule has 94 valence electrons. The zero-order valence-corrected chi connectivity index (χ0v) is 11.0. The van der Waals surface area contributed by atoms with Gasteiger partial charge in [-0.15, -0.1) is 0 Å². The molecule has 1 rings (SSSR count).